The average Bonchev–Trinajstić information content (AvgIpc) is 2.90. The van der Waals surface area contributed by atoms with Gasteiger partial charge in [0.15, 0.2) is 5.13 Å². The molecule has 0 saturated heterocycles. The normalized spacial score (nSPS) is 11.8. The summed E-state index contributed by atoms with van der Waals surface area (Å²) in [5.74, 6) is -1.26. The maximum Gasteiger partial charge on any atom is 0.303 e. The lowest BCUT2D eigenvalue weighted by Gasteiger charge is -2.17. The molecule has 0 aliphatic heterocycles. The van der Waals surface area contributed by atoms with Crippen molar-refractivity contribution in [3.63, 3.8) is 0 Å². The van der Waals surface area contributed by atoms with Crippen molar-refractivity contribution in [3.05, 3.63) is 47.0 Å². The van der Waals surface area contributed by atoms with Crippen molar-refractivity contribution < 1.29 is 14.7 Å². The Morgan fingerprint density at radius 3 is 2.62 bits per heavy atom. The Labute approximate surface area is 125 Å². The monoisotopic (exact) mass is 305 g/mol. The second kappa shape index (κ2) is 6.85. The molecule has 1 unspecified atom stereocenters. The highest BCUT2D eigenvalue weighted by atomic mass is 32.1. The van der Waals surface area contributed by atoms with E-state index in [9.17, 15) is 9.59 Å². The average molecular weight is 305 g/mol. The number of benzene rings is 1. The third kappa shape index (κ3) is 4.28. The molecule has 2 aromatic rings. The number of thiazole rings is 1. The van der Waals surface area contributed by atoms with Crippen LogP contribution in [-0.4, -0.2) is 22.0 Å². The maximum atomic E-state index is 12.1. The van der Waals surface area contributed by atoms with Crippen LogP contribution in [0.4, 0.5) is 5.13 Å². The first-order valence-electron chi connectivity index (χ1n) is 6.35. The minimum absolute atomic E-state index is 0.0287. The molecule has 0 aliphatic carbocycles. The first-order chi connectivity index (χ1) is 10.1. The maximum absolute atomic E-state index is 12.1. The highest BCUT2D eigenvalue weighted by molar-refractivity contribution is 7.13. The predicted molar refractivity (Wildman–Crippen MR) is 80.0 cm³/mol. The SMILES string of the molecule is Nc1nc(C(=O)NC(CCC(=O)O)c2ccccc2)cs1. The van der Waals surface area contributed by atoms with Crippen LogP contribution < -0.4 is 11.1 Å². The van der Waals surface area contributed by atoms with E-state index in [1.807, 2.05) is 30.3 Å². The lowest BCUT2D eigenvalue weighted by atomic mass is 10.0. The molecule has 1 heterocycles. The highest BCUT2D eigenvalue weighted by Gasteiger charge is 2.18. The van der Waals surface area contributed by atoms with E-state index in [-0.39, 0.29) is 24.1 Å². The molecule has 0 aliphatic rings. The second-order valence-electron chi connectivity index (χ2n) is 4.44. The van der Waals surface area contributed by atoms with Crippen molar-refractivity contribution in [1.82, 2.24) is 10.3 Å². The standard InChI is InChI=1S/C14H15N3O3S/c15-14-17-11(8-21-14)13(20)16-10(6-7-12(18)19)9-4-2-1-3-5-9/h1-5,8,10H,6-7H2,(H2,15,17)(H,16,20)(H,18,19). The van der Waals surface area contributed by atoms with E-state index in [4.69, 9.17) is 10.8 Å². The molecule has 4 N–H and O–H groups in total. The van der Waals surface area contributed by atoms with Crippen LogP contribution in [0.5, 0.6) is 0 Å². The minimum atomic E-state index is -0.900. The largest absolute Gasteiger partial charge is 0.481 e. The third-order valence-electron chi connectivity index (χ3n) is 2.91. The molecule has 0 bridgehead atoms. The van der Waals surface area contributed by atoms with Gasteiger partial charge in [0.05, 0.1) is 6.04 Å². The first kappa shape index (κ1) is 15.0. The van der Waals surface area contributed by atoms with Gasteiger partial charge >= 0.3 is 5.97 Å². The van der Waals surface area contributed by atoms with Crippen molar-refractivity contribution in [2.75, 3.05) is 5.73 Å². The lowest BCUT2D eigenvalue weighted by Crippen LogP contribution is -2.29. The summed E-state index contributed by atoms with van der Waals surface area (Å²) in [6.07, 6.45) is 0.281. The summed E-state index contributed by atoms with van der Waals surface area (Å²) in [4.78, 5) is 26.8. The molecule has 21 heavy (non-hydrogen) atoms. The number of nitrogens with one attached hydrogen (secondary N) is 1. The van der Waals surface area contributed by atoms with Gasteiger partial charge in [0, 0.05) is 11.8 Å². The number of hydrogen-bond donors (Lipinski definition) is 3. The van der Waals surface area contributed by atoms with E-state index in [0.717, 1.165) is 5.56 Å². The summed E-state index contributed by atoms with van der Waals surface area (Å²) in [7, 11) is 0. The van der Waals surface area contributed by atoms with E-state index in [1.165, 1.54) is 11.3 Å². The second-order valence-corrected chi connectivity index (χ2v) is 5.33. The number of rotatable bonds is 6. The van der Waals surface area contributed by atoms with Gasteiger partial charge < -0.3 is 16.2 Å². The van der Waals surface area contributed by atoms with Gasteiger partial charge in [0.2, 0.25) is 0 Å². The fourth-order valence-electron chi connectivity index (χ4n) is 1.90. The number of hydrogen-bond acceptors (Lipinski definition) is 5. The van der Waals surface area contributed by atoms with Gasteiger partial charge in [0.25, 0.3) is 5.91 Å². The number of carbonyl (C=O) groups excluding carboxylic acids is 1. The summed E-state index contributed by atoms with van der Waals surface area (Å²) in [6, 6.07) is 8.87. The molecule has 1 aromatic heterocycles. The number of nitrogens with two attached hydrogens (primary N) is 1. The van der Waals surface area contributed by atoms with Crippen LogP contribution in [0.1, 0.15) is 34.9 Å². The molecule has 0 radical (unpaired) electrons. The molecule has 110 valence electrons. The molecular weight excluding hydrogens is 290 g/mol. The fraction of sp³-hybridized carbons (Fsp3) is 0.214. The molecule has 1 atom stereocenters. The lowest BCUT2D eigenvalue weighted by molar-refractivity contribution is -0.137. The van der Waals surface area contributed by atoms with E-state index in [2.05, 4.69) is 10.3 Å². The number of amides is 1. The van der Waals surface area contributed by atoms with Crippen LogP contribution in [0.25, 0.3) is 0 Å². The van der Waals surface area contributed by atoms with Crippen LogP contribution in [0, 0.1) is 0 Å². The Morgan fingerprint density at radius 2 is 2.05 bits per heavy atom. The number of carbonyl (C=O) groups is 2. The summed E-state index contributed by atoms with van der Waals surface area (Å²) in [5, 5.41) is 13.5. The Kier molecular flexibility index (Phi) is 4.89. The van der Waals surface area contributed by atoms with Gasteiger partial charge in [-0.05, 0) is 12.0 Å². The zero-order chi connectivity index (χ0) is 15.2. The van der Waals surface area contributed by atoms with Crippen LogP contribution in [0.15, 0.2) is 35.7 Å². The predicted octanol–water partition coefficient (Wildman–Crippen LogP) is 2.06. The Balaban J connectivity index is 2.12. The number of carboxylic acid groups (broad SMARTS) is 1. The first-order valence-corrected chi connectivity index (χ1v) is 7.23. The Morgan fingerprint density at radius 1 is 1.33 bits per heavy atom. The molecule has 0 fully saturated rings. The molecule has 1 aromatic carbocycles. The summed E-state index contributed by atoms with van der Waals surface area (Å²) >= 11 is 1.19. The van der Waals surface area contributed by atoms with Gasteiger partial charge in [-0.2, -0.15) is 0 Å². The highest BCUT2D eigenvalue weighted by Crippen LogP contribution is 2.20. The quantitative estimate of drug-likeness (QED) is 0.757. The fourth-order valence-corrected chi connectivity index (χ4v) is 2.44. The van der Waals surface area contributed by atoms with Gasteiger partial charge in [-0.25, -0.2) is 4.98 Å². The van der Waals surface area contributed by atoms with Crippen molar-refractivity contribution in [3.8, 4) is 0 Å². The van der Waals surface area contributed by atoms with Crippen molar-refractivity contribution in [2.45, 2.75) is 18.9 Å². The molecule has 1 amide bonds. The topological polar surface area (TPSA) is 105 Å². The minimum Gasteiger partial charge on any atom is -0.481 e. The summed E-state index contributed by atoms with van der Waals surface area (Å²) in [5.41, 5.74) is 6.61. The van der Waals surface area contributed by atoms with Crippen LogP contribution in [0.2, 0.25) is 0 Å². The summed E-state index contributed by atoms with van der Waals surface area (Å²) in [6.45, 7) is 0. The van der Waals surface area contributed by atoms with Gasteiger partial charge in [-0.1, -0.05) is 30.3 Å². The van der Waals surface area contributed by atoms with Crippen molar-refractivity contribution >= 4 is 28.3 Å². The van der Waals surface area contributed by atoms with Crippen LogP contribution in [-0.2, 0) is 4.79 Å². The molecular formula is C14H15N3O3S. The van der Waals surface area contributed by atoms with E-state index in [0.29, 0.717) is 11.6 Å². The number of nitrogens with zero attached hydrogens (tertiary/aromatic N) is 1. The van der Waals surface area contributed by atoms with Gasteiger partial charge in [-0.3, -0.25) is 9.59 Å². The smallest absolute Gasteiger partial charge is 0.303 e. The summed E-state index contributed by atoms with van der Waals surface area (Å²) < 4.78 is 0. The number of aromatic nitrogens is 1. The number of aliphatic carboxylic acids is 1. The Hall–Kier alpha value is -2.41. The zero-order valence-electron chi connectivity index (χ0n) is 11.2. The van der Waals surface area contributed by atoms with Crippen LogP contribution in [0.3, 0.4) is 0 Å². The van der Waals surface area contributed by atoms with Crippen molar-refractivity contribution in [1.29, 1.82) is 0 Å². The van der Waals surface area contributed by atoms with Gasteiger partial charge in [0.1, 0.15) is 5.69 Å². The van der Waals surface area contributed by atoms with Crippen LogP contribution >= 0.6 is 11.3 Å². The van der Waals surface area contributed by atoms with Crippen molar-refractivity contribution in [2.24, 2.45) is 0 Å². The number of carboxylic acids is 1. The number of nitrogen functional groups attached to an aromatic ring is 1. The number of anilines is 1. The third-order valence-corrected chi connectivity index (χ3v) is 3.58. The molecule has 7 heteroatoms. The van der Waals surface area contributed by atoms with E-state index < -0.39 is 5.97 Å². The molecule has 2 rings (SSSR count). The van der Waals surface area contributed by atoms with Gasteiger partial charge in [-0.15, -0.1) is 11.3 Å². The zero-order valence-corrected chi connectivity index (χ0v) is 12.0. The Bertz CT molecular complexity index is 627. The molecule has 0 spiro atoms. The molecule has 6 nitrogen and oxygen atoms in total. The van der Waals surface area contributed by atoms with E-state index in [1.54, 1.807) is 5.38 Å². The van der Waals surface area contributed by atoms with E-state index >= 15 is 0 Å². The molecule has 0 saturated carbocycles.